The molecule has 0 radical (unpaired) electrons. The second-order valence-corrected chi connectivity index (χ2v) is 7.83. The third kappa shape index (κ3) is 6.62. The predicted molar refractivity (Wildman–Crippen MR) is 115 cm³/mol. The fourth-order valence-corrected chi connectivity index (χ4v) is 2.69. The number of likely N-dealkylation sites (N-methyl/N-ethyl adjacent to an activating group) is 1. The van der Waals surface area contributed by atoms with E-state index in [1.165, 1.54) is 12.0 Å². The maximum Gasteiger partial charge on any atom is 0.410 e. The van der Waals surface area contributed by atoms with Crippen molar-refractivity contribution in [1.29, 1.82) is 0 Å². The van der Waals surface area contributed by atoms with Crippen LogP contribution in [0.25, 0.3) is 0 Å². The van der Waals surface area contributed by atoms with Crippen molar-refractivity contribution < 1.29 is 23.9 Å². The van der Waals surface area contributed by atoms with Crippen molar-refractivity contribution in [3.05, 3.63) is 65.2 Å². The van der Waals surface area contributed by atoms with E-state index in [0.29, 0.717) is 29.8 Å². The number of methoxy groups -OCH3 is 1. The van der Waals surface area contributed by atoms with Crippen molar-refractivity contribution in [2.24, 2.45) is 0 Å². The summed E-state index contributed by atoms with van der Waals surface area (Å²) in [6, 6.07) is 13.7. The van der Waals surface area contributed by atoms with E-state index in [4.69, 9.17) is 4.74 Å². The van der Waals surface area contributed by atoms with Gasteiger partial charge in [0.05, 0.1) is 12.7 Å². The molecule has 0 aliphatic carbocycles. The summed E-state index contributed by atoms with van der Waals surface area (Å²) in [6.45, 7) is 5.86. The quantitative estimate of drug-likeness (QED) is 0.721. The van der Waals surface area contributed by atoms with Crippen LogP contribution in [-0.2, 0) is 15.9 Å². The Morgan fingerprint density at radius 3 is 2.23 bits per heavy atom. The molecular formula is C23H28N2O5. The van der Waals surface area contributed by atoms with Crippen LogP contribution in [0, 0.1) is 0 Å². The molecular weight excluding hydrogens is 384 g/mol. The molecule has 0 aliphatic heterocycles. The molecule has 0 saturated heterocycles. The Balaban J connectivity index is 2.04. The minimum Gasteiger partial charge on any atom is -0.465 e. The highest BCUT2D eigenvalue weighted by molar-refractivity contribution is 6.05. The lowest BCUT2D eigenvalue weighted by Gasteiger charge is -2.24. The molecule has 160 valence electrons. The molecule has 7 nitrogen and oxygen atoms in total. The van der Waals surface area contributed by atoms with Crippen LogP contribution < -0.4 is 5.32 Å². The molecule has 0 spiro atoms. The van der Waals surface area contributed by atoms with Gasteiger partial charge in [-0.3, -0.25) is 4.79 Å². The van der Waals surface area contributed by atoms with Crippen LogP contribution in [0.4, 0.5) is 10.5 Å². The number of nitrogens with one attached hydrogen (secondary N) is 1. The van der Waals surface area contributed by atoms with Crippen LogP contribution in [0.5, 0.6) is 0 Å². The standard InChI is InChI=1S/C23H28N2O5/c1-23(2,3)30-22(28)25(4)15-14-16-8-6-7-9-19(16)20(26)24-18-12-10-17(11-13-18)21(27)29-5/h6-13H,14-15H2,1-5H3,(H,24,26). The third-order valence-electron chi connectivity index (χ3n) is 4.25. The van der Waals surface area contributed by atoms with Gasteiger partial charge < -0.3 is 19.7 Å². The first-order valence-corrected chi connectivity index (χ1v) is 9.62. The number of carbonyl (C=O) groups is 3. The number of benzene rings is 2. The van der Waals surface area contributed by atoms with Crippen LogP contribution in [0.1, 0.15) is 47.1 Å². The maximum absolute atomic E-state index is 12.8. The minimum absolute atomic E-state index is 0.267. The molecule has 2 rings (SSSR count). The van der Waals surface area contributed by atoms with Crippen LogP contribution in [0.15, 0.2) is 48.5 Å². The first-order valence-electron chi connectivity index (χ1n) is 9.62. The summed E-state index contributed by atoms with van der Waals surface area (Å²) >= 11 is 0. The molecule has 0 atom stereocenters. The van der Waals surface area contributed by atoms with Gasteiger partial charge in [0.15, 0.2) is 0 Å². The molecule has 30 heavy (non-hydrogen) atoms. The number of rotatable bonds is 6. The van der Waals surface area contributed by atoms with E-state index in [1.54, 1.807) is 43.4 Å². The second kappa shape index (κ2) is 9.91. The Bertz CT molecular complexity index is 901. The van der Waals surface area contributed by atoms with E-state index >= 15 is 0 Å². The summed E-state index contributed by atoms with van der Waals surface area (Å²) < 4.78 is 10.0. The normalized spacial score (nSPS) is 10.8. The van der Waals surface area contributed by atoms with Gasteiger partial charge in [0.25, 0.3) is 5.91 Å². The Hall–Kier alpha value is -3.35. The van der Waals surface area contributed by atoms with E-state index < -0.39 is 17.7 Å². The number of hydrogen-bond acceptors (Lipinski definition) is 5. The van der Waals surface area contributed by atoms with Gasteiger partial charge >= 0.3 is 12.1 Å². The molecule has 0 fully saturated rings. The monoisotopic (exact) mass is 412 g/mol. The topological polar surface area (TPSA) is 84.9 Å². The average Bonchev–Trinajstić information content (AvgIpc) is 2.70. The number of amides is 2. The van der Waals surface area contributed by atoms with Gasteiger partial charge in [0.2, 0.25) is 0 Å². The summed E-state index contributed by atoms with van der Waals surface area (Å²) in [4.78, 5) is 37.9. The zero-order valence-electron chi connectivity index (χ0n) is 18.0. The lowest BCUT2D eigenvalue weighted by Crippen LogP contribution is -2.35. The molecule has 2 amide bonds. The zero-order chi connectivity index (χ0) is 22.3. The molecule has 0 aromatic heterocycles. The van der Waals surface area contributed by atoms with Crippen molar-refractivity contribution >= 4 is 23.7 Å². The van der Waals surface area contributed by atoms with Crippen molar-refractivity contribution in [3.63, 3.8) is 0 Å². The molecule has 1 N–H and O–H groups in total. The summed E-state index contributed by atoms with van der Waals surface area (Å²) in [5.74, 6) is -0.705. The minimum atomic E-state index is -0.563. The number of esters is 1. The molecule has 0 heterocycles. The van der Waals surface area contributed by atoms with Gasteiger partial charge in [0, 0.05) is 24.8 Å². The Morgan fingerprint density at radius 1 is 1.00 bits per heavy atom. The first-order chi connectivity index (χ1) is 14.1. The summed E-state index contributed by atoms with van der Waals surface area (Å²) in [5.41, 5.74) is 1.74. The Kier molecular flexibility index (Phi) is 7.58. The fraction of sp³-hybridized carbons (Fsp3) is 0.348. The predicted octanol–water partition coefficient (Wildman–Crippen LogP) is 4.13. The van der Waals surface area contributed by atoms with E-state index in [2.05, 4.69) is 10.1 Å². The van der Waals surface area contributed by atoms with Crippen molar-refractivity contribution in [2.45, 2.75) is 32.8 Å². The maximum atomic E-state index is 12.8. The molecule has 2 aromatic rings. The Morgan fingerprint density at radius 2 is 1.63 bits per heavy atom. The number of ether oxygens (including phenoxy) is 2. The zero-order valence-corrected chi connectivity index (χ0v) is 18.0. The van der Waals surface area contributed by atoms with Crippen LogP contribution in [-0.4, -0.2) is 49.2 Å². The lowest BCUT2D eigenvalue weighted by atomic mass is 10.0. The Labute approximate surface area is 177 Å². The van der Waals surface area contributed by atoms with Crippen molar-refractivity contribution in [3.8, 4) is 0 Å². The lowest BCUT2D eigenvalue weighted by molar-refractivity contribution is 0.0300. The highest BCUT2D eigenvalue weighted by atomic mass is 16.6. The third-order valence-corrected chi connectivity index (χ3v) is 4.25. The van der Waals surface area contributed by atoms with Crippen molar-refractivity contribution in [2.75, 3.05) is 26.0 Å². The first kappa shape index (κ1) is 22.9. The van der Waals surface area contributed by atoms with Gasteiger partial charge in [-0.2, -0.15) is 0 Å². The van der Waals surface area contributed by atoms with E-state index in [-0.39, 0.29) is 5.91 Å². The average molecular weight is 412 g/mol. The number of anilines is 1. The van der Waals surface area contributed by atoms with Gasteiger partial charge in [-0.1, -0.05) is 18.2 Å². The number of nitrogens with zero attached hydrogens (tertiary/aromatic N) is 1. The molecule has 7 heteroatoms. The number of carbonyl (C=O) groups excluding carboxylic acids is 3. The van der Waals surface area contributed by atoms with Gasteiger partial charge in [-0.25, -0.2) is 9.59 Å². The smallest absolute Gasteiger partial charge is 0.410 e. The molecule has 0 unspecified atom stereocenters. The van der Waals surface area contributed by atoms with Gasteiger partial charge in [-0.05, 0) is 63.1 Å². The van der Waals surface area contributed by atoms with Crippen LogP contribution in [0.3, 0.4) is 0 Å². The molecule has 2 aromatic carbocycles. The number of hydrogen-bond donors (Lipinski definition) is 1. The van der Waals surface area contributed by atoms with Gasteiger partial charge in [-0.15, -0.1) is 0 Å². The van der Waals surface area contributed by atoms with E-state index in [1.807, 2.05) is 32.9 Å². The van der Waals surface area contributed by atoms with E-state index in [9.17, 15) is 14.4 Å². The largest absolute Gasteiger partial charge is 0.465 e. The fourth-order valence-electron chi connectivity index (χ4n) is 2.69. The molecule has 0 aliphatic rings. The summed E-state index contributed by atoms with van der Waals surface area (Å²) in [6.07, 6.45) is 0.0933. The summed E-state index contributed by atoms with van der Waals surface area (Å²) in [7, 11) is 2.98. The van der Waals surface area contributed by atoms with E-state index in [0.717, 1.165) is 5.56 Å². The summed E-state index contributed by atoms with van der Waals surface area (Å²) in [5, 5.41) is 2.83. The highest BCUT2D eigenvalue weighted by Crippen LogP contribution is 2.16. The van der Waals surface area contributed by atoms with Crippen molar-refractivity contribution in [1.82, 2.24) is 4.90 Å². The second-order valence-electron chi connectivity index (χ2n) is 7.83. The molecule has 0 saturated carbocycles. The van der Waals surface area contributed by atoms with Crippen LogP contribution >= 0.6 is 0 Å². The SMILES string of the molecule is COC(=O)c1ccc(NC(=O)c2ccccc2CCN(C)C(=O)OC(C)(C)C)cc1. The van der Waals surface area contributed by atoms with Crippen LogP contribution in [0.2, 0.25) is 0 Å². The highest BCUT2D eigenvalue weighted by Gasteiger charge is 2.20. The molecule has 0 bridgehead atoms. The van der Waals surface area contributed by atoms with Gasteiger partial charge in [0.1, 0.15) is 5.60 Å².